The summed E-state index contributed by atoms with van der Waals surface area (Å²) in [5.74, 6) is 0.202. The maximum absolute atomic E-state index is 14.2. The van der Waals surface area contributed by atoms with Gasteiger partial charge in [0.25, 0.3) is 0 Å². The fraction of sp³-hybridized carbons (Fsp3) is 0.133. The van der Waals surface area contributed by atoms with Gasteiger partial charge in [-0.1, -0.05) is 23.7 Å². The first kappa shape index (κ1) is 13.4. The molecule has 1 heterocycles. The first-order valence-electron chi connectivity index (χ1n) is 6.15. The maximum Gasteiger partial charge on any atom is 0.148 e. The monoisotopic (exact) mass is 308 g/mol. The number of hydrogen-bond donors (Lipinski definition) is 0. The predicted octanol–water partition coefficient (Wildman–Crippen LogP) is 5.12. The van der Waals surface area contributed by atoms with Crippen LogP contribution in [0.5, 0.6) is 0 Å². The van der Waals surface area contributed by atoms with Crippen LogP contribution in [0.3, 0.4) is 0 Å². The molecule has 3 rings (SSSR count). The number of halogens is 3. The number of hydrogen-bond acceptors (Lipinski definition) is 1. The van der Waals surface area contributed by atoms with Crippen LogP contribution in [0, 0.1) is 5.82 Å². The molecule has 0 aliphatic heterocycles. The molecule has 20 heavy (non-hydrogen) atoms. The van der Waals surface area contributed by atoms with E-state index < -0.39 is 5.82 Å². The van der Waals surface area contributed by atoms with Gasteiger partial charge in [0.15, 0.2) is 0 Å². The summed E-state index contributed by atoms with van der Waals surface area (Å²) >= 11 is 12.0. The number of benzene rings is 2. The van der Waals surface area contributed by atoms with E-state index in [-0.39, 0.29) is 5.38 Å². The lowest BCUT2D eigenvalue weighted by Gasteiger charge is -2.11. The lowest BCUT2D eigenvalue weighted by molar-refractivity contribution is 0.616. The fourth-order valence-corrected chi connectivity index (χ4v) is 2.53. The number of imidazole rings is 1. The van der Waals surface area contributed by atoms with Crippen molar-refractivity contribution in [2.24, 2.45) is 0 Å². The molecule has 2 nitrogen and oxygen atoms in total. The van der Waals surface area contributed by atoms with Gasteiger partial charge >= 0.3 is 0 Å². The quantitative estimate of drug-likeness (QED) is 0.601. The van der Waals surface area contributed by atoms with E-state index in [1.165, 1.54) is 6.07 Å². The highest BCUT2D eigenvalue weighted by Gasteiger charge is 2.18. The molecule has 0 bridgehead atoms. The Morgan fingerprint density at radius 1 is 1.20 bits per heavy atom. The van der Waals surface area contributed by atoms with Crippen LogP contribution in [0.15, 0.2) is 42.5 Å². The molecule has 1 aromatic heterocycles. The van der Waals surface area contributed by atoms with E-state index in [0.717, 1.165) is 11.0 Å². The second-order valence-corrected chi connectivity index (χ2v) is 5.60. The molecule has 0 N–H and O–H groups in total. The number of rotatable bonds is 2. The first-order chi connectivity index (χ1) is 9.58. The SMILES string of the molecule is CC(Cl)c1nc2ccccc2n1-c1ccc(Cl)cc1F. The van der Waals surface area contributed by atoms with E-state index in [1.54, 1.807) is 16.7 Å². The van der Waals surface area contributed by atoms with E-state index in [2.05, 4.69) is 4.98 Å². The van der Waals surface area contributed by atoms with Crippen molar-refractivity contribution in [2.45, 2.75) is 12.3 Å². The van der Waals surface area contributed by atoms with Crippen molar-refractivity contribution in [1.82, 2.24) is 9.55 Å². The molecular weight excluding hydrogens is 298 g/mol. The number of nitrogens with zero attached hydrogens (tertiary/aromatic N) is 2. The predicted molar refractivity (Wildman–Crippen MR) is 80.3 cm³/mol. The Balaban J connectivity index is 2.36. The Bertz CT molecular complexity index is 781. The van der Waals surface area contributed by atoms with Crippen LogP contribution in [0.4, 0.5) is 4.39 Å². The highest BCUT2D eigenvalue weighted by atomic mass is 35.5. The zero-order chi connectivity index (χ0) is 14.3. The number of alkyl halides is 1. The maximum atomic E-state index is 14.2. The average Bonchev–Trinajstić information content (AvgIpc) is 2.78. The topological polar surface area (TPSA) is 17.8 Å². The summed E-state index contributed by atoms with van der Waals surface area (Å²) in [6.07, 6.45) is 0. The normalized spacial score (nSPS) is 12.8. The van der Waals surface area contributed by atoms with Gasteiger partial charge < -0.3 is 0 Å². The van der Waals surface area contributed by atoms with Crippen molar-refractivity contribution in [2.75, 3.05) is 0 Å². The molecule has 0 aliphatic carbocycles. The summed E-state index contributed by atoms with van der Waals surface area (Å²) < 4.78 is 15.9. The molecular formula is C15H11Cl2FN2. The Morgan fingerprint density at radius 3 is 2.65 bits per heavy atom. The molecule has 0 aliphatic rings. The first-order valence-corrected chi connectivity index (χ1v) is 6.96. The van der Waals surface area contributed by atoms with Crippen molar-refractivity contribution >= 4 is 34.2 Å². The summed E-state index contributed by atoms with van der Waals surface area (Å²) in [6, 6.07) is 12.1. The van der Waals surface area contributed by atoms with Crippen molar-refractivity contribution in [3.05, 3.63) is 59.1 Å². The molecule has 5 heteroatoms. The van der Waals surface area contributed by atoms with Gasteiger partial charge in [0, 0.05) is 5.02 Å². The van der Waals surface area contributed by atoms with E-state index >= 15 is 0 Å². The van der Waals surface area contributed by atoms with Crippen molar-refractivity contribution < 1.29 is 4.39 Å². The molecule has 1 unspecified atom stereocenters. The van der Waals surface area contributed by atoms with Crippen LogP contribution in [0.2, 0.25) is 5.02 Å². The minimum absolute atomic E-state index is 0.336. The van der Waals surface area contributed by atoms with Gasteiger partial charge in [-0.05, 0) is 37.3 Å². The third kappa shape index (κ3) is 2.17. The highest BCUT2D eigenvalue weighted by molar-refractivity contribution is 6.30. The van der Waals surface area contributed by atoms with E-state index in [4.69, 9.17) is 23.2 Å². The molecule has 2 aromatic carbocycles. The second kappa shape index (κ2) is 5.08. The molecule has 0 saturated heterocycles. The van der Waals surface area contributed by atoms with Crippen LogP contribution >= 0.6 is 23.2 Å². The summed E-state index contributed by atoms with van der Waals surface area (Å²) in [6.45, 7) is 1.81. The Hall–Kier alpha value is -1.58. The van der Waals surface area contributed by atoms with Gasteiger partial charge in [0.1, 0.15) is 11.6 Å². The molecule has 102 valence electrons. The lowest BCUT2D eigenvalue weighted by Crippen LogP contribution is -2.04. The molecule has 0 saturated carbocycles. The largest absolute Gasteiger partial charge is 0.292 e. The zero-order valence-electron chi connectivity index (χ0n) is 10.6. The molecule has 0 spiro atoms. The van der Waals surface area contributed by atoms with Gasteiger partial charge in [-0.15, -0.1) is 11.6 Å². The lowest BCUT2D eigenvalue weighted by atomic mass is 10.2. The third-order valence-electron chi connectivity index (χ3n) is 3.09. The van der Waals surface area contributed by atoms with Crippen LogP contribution in [-0.4, -0.2) is 9.55 Å². The van der Waals surface area contributed by atoms with Crippen molar-refractivity contribution in [3.63, 3.8) is 0 Å². The van der Waals surface area contributed by atoms with Gasteiger partial charge in [-0.25, -0.2) is 9.37 Å². The number of aromatic nitrogens is 2. The van der Waals surface area contributed by atoms with Crippen LogP contribution in [-0.2, 0) is 0 Å². The van der Waals surface area contributed by atoms with Gasteiger partial charge in [-0.2, -0.15) is 0 Å². The average molecular weight is 309 g/mol. The van der Waals surface area contributed by atoms with Gasteiger partial charge in [0.2, 0.25) is 0 Å². The molecule has 0 fully saturated rings. The van der Waals surface area contributed by atoms with E-state index in [9.17, 15) is 4.39 Å². The summed E-state index contributed by atoms with van der Waals surface area (Å²) in [5.41, 5.74) is 1.99. The fourth-order valence-electron chi connectivity index (χ4n) is 2.23. The summed E-state index contributed by atoms with van der Waals surface area (Å²) in [5, 5.41) is 0.0219. The Morgan fingerprint density at radius 2 is 1.95 bits per heavy atom. The minimum atomic E-state index is -0.404. The minimum Gasteiger partial charge on any atom is -0.292 e. The van der Waals surface area contributed by atoms with E-state index in [1.807, 2.05) is 31.2 Å². The molecule has 0 amide bonds. The van der Waals surface area contributed by atoms with Crippen LogP contribution < -0.4 is 0 Å². The Kier molecular flexibility index (Phi) is 3.40. The standard InChI is InChI=1S/C15H11Cl2FN2/c1-9(16)15-19-12-4-2-3-5-14(12)20(15)13-7-6-10(17)8-11(13)18/h2-9H,1H3. The smallest absolute Gasteiger partial charge is 0.148 e. The van der Waals surface area contributed by atoms with Crippen LogP contribution in [0.25, 0.3) is 16.7 Å². The van der Waals surface area contributed by atoms with Crippen molar-refractivity contribution in [1.29, 1.82) is 0 Å². The molecule has 0 radical (unpaired) electrons. The second-order valence-electron chi connectivity index (χ2n) is 4.51. The highest BCUT2D eigenvalue weighted by Crippen LogP contribution is 2.30. The van der Waals surface area contributed by atoms with Crippen LogP contribution in [0.1, 0.15) is 18.1 Å². The Labute approximate surface area is 125 Å². The zero-order valence-corrected chi connectivity index (χ0v) is 12.2. The van der Waals surface area contributed by atoms with Gasteiger partial charge in [0.05, 0.1) is 22.1 Å². The molecule has 3 aromatic rings. The molecule has 1 atom stereocenters. The third-order valence-corrected chi connectivity index (χ3v) is 3.52. The number of para-hydroxylation sites is 2. The number of fused-ring (bicyclic) bond motifs is 1. The van der Waals surface area contributed by atoms with Crippen molar-refractivity contribution in [3.8, 4) is 5.69 Å². The summed E-state index contributed by atoms with van der Waals surface area (Å²) in [7, 11) is 0. The van der Waals surface area contributed by atoms with E-state index in [0.29, 0.717) is 16.5 Å². The van der Waals surface area contributed by atoms with Gasteiger partial charge in [-0.3, -0.25) is 4.57 Å². The summed E-state index contributed by atoms with van der Waals surface area (Å²) in [4.78, 5) is 4.48.